The minimum atomic E-state index is -1.46. The third-order valence-corrected chi connectivity index (χ3v) is 11.0. The van der Waals surface area contributed by atoms with Crippen LogP contribution in [0.5, 0.6) is 11.5 Å². The van der Waals surface area contributed by atoms with Gasteiger partial charge in [-0.15, -0.1) is 16.4 Å². The standard InChI is InChI=1S/C38H42N8O7S/c1-52-27-14-10-23(11-15-27)31-32(34-39-18-19-54-34)44-46(43-31)26-20-30-33(47)42-38(36(49)50)21-24(38)8-6-4-3-5-7-9-29(35(48)45(30)22-26)41-37(51)40-25-12-16-28(53-2)17-13-25/h6,8,10-19,24,26,29-30H,3-5,7,9,20-22H2,1-2H3,(H,42,47)(H,49,50)(H2,40,41,51)/t24-,26?,29-,30+,38+/m1/s1. The van der Waals surface area contributed by atoms with Crippen LogP contribution < -0.4 is 25.4 Å². The monoisotopic (exact) mass is 754 g/mol. The summed E-state index contributed by atoms with van der Waals surface area (Å²) in [5, 5.41) is 31.0. The Hall–Kier alpha value is -5.77. The largest absolute Gasteiger partial charge is 0.497 e. The number of urea groups is 1. The molecule has 4 aromatic rings. The van der Waals surface area contributed by atoms with Crippen LogP contribution in [-0.2, 0) is 14.4 Å². The predicted molar refractivity (Wildman–Crippen MR) is 200 cm³/mol. The first-order valence-electron chi connectivity index (χ1n) is 17.9. The number of carboxylic acid groups (broad SMARTS) is 1. The average Bonchev–Trinajstić information content (AvgIpc) is 3.63. The second kappa shape index (κ2) is 15.7. The van der Waals surface area contributed by atoms with Gasteiger partial charge >= 0.3 is 12.0 Å². The lowest BCUT2D eigenvalue weighted by Crippen LogP contribution is -2.56. The fourth-order valence-corrected chi connectivity index (χ4v) is 7.78. The quantitative estimate of drug-likeness (QED) is 0.180. The average molecular weight is 755 g/mol. The minimum Gasteiger partial charge on any atom is -0.497 e. The Morgan fingerprint density at radius 1 is 0.981 bits per heavy atom. The Balaban J connectivity index is 1.21. The van der Waals surface area contributed by atoms with Crippen molar-refractivity contribution in [1.82, 2.24) is 35.5 Å². The van der Waals surface area contributed by atoms with Crippen molar-refractivity contribution in [3.05, 3.63) is 72.3 Å². The number of aromatic nitrogens is 4. The zero-order valence-corrected chi connectivity index (χ0v) is 30.8. The molecule has 1 aliphatic carbocycles. The fraction of sp³-hybridized carbons (Fsp3) is 0.395. The molecule has 1 saturated carbocycles. The molecule has 0 bridgehead atoms. The van der Waals surface area contributed by atoms with Gasteiger partial charge in [0.15, 0.2) is 0 Å². The van der Waals surface area contributed by atoms with E-state index in [1.165, 1.54) is 21.0 Å². The number of benzene rings is 2. The zero-order chi connectivity index (χ0) is 37.8. The minimum absolute atomic E-state index is 0.0483. The normalized spacial score (nSPS) is 24.3. The van der Waals surface area contributed by atoms with Crippen molar-refractivity contribution in [2.24, 2.45) is 5.92 Å². The highest BCUT2D eigenvalue weighted by atomic mass is 32.1. The van der Waals surface area contributed by atoms with E-state index in [0.717, 1.165) is 24.8 Å². The van der Waals surface area contributed by atoms with Gasteiger partial charge in [0.05, 0.1) is 20.3 Å². The van der Waals surface area contributed by atoms with Crippen LogP contribution in [0.2, 0.25) is 0 Å². The lowest BCUT2D eigenvalue weighted by Gasteiger charge is -2.29. The number of carbonyl (C=O) groups excluding carboxylic acids is 3. The maximum atomic E-state index is 14.6. The molecule has 1 unspecified atom stereocenters. The number of allylic oxidation sites excluding steroid dienone is 1. The molecular formula is C38H42N8O7S. The summed E-state index contributed by atoms with van der Waals surface area (Å²) in [5.41, 5.74) is 0.939. The lowest BCUT2D eigenvalue weighted by atomic mass is 10.0. The number of aliphatic carboxylic acids is 1. The summed E-state index contributed by atoms with van der Waals surface area (Å²) in [6.07, 6.45) is 9.23. The first-order valence-corrected chi connectivity index (χ1v) is 18.8. The van der Waals surface area contributed by atoms with Gasteiger partial charge in [0.2, 0.25) is 11.8 Å². The number of rotatable bonds is 8. The molecule has 2 aromatic carbocycles. The number of amides is 4. The molecule has 1 saturated heterocycles. The van der Waals surface area contributed by atoms with E-state index >= 15 is 0 Å². The Labute approximate surface area is 315 Å². The second-order valence-corrected chi connectivity index (χ2v) is 14.6. The molecule has 4 heterocycles. The van der Waals surface area contributed by atoms with Gasteiger partial charge in [-0.25, -0.2) is 14.6 Å². The maximum Gasteiger partial charge on any atom is 0.330 e. The zero-order valence-electron chi connectivity index (χ0n) is 29.9. The van der Waals surface area contributed by atoms with Crippen molar-refractivity contribution in [3.63, 3.8) is 0 Å². The lowest BCUT2D eigenvalue weighted by molar-refractivity contribution is -0.145. The predicted octanol–water partition coefficient (Wildman–Crippen LogP) is 4.90. The number of carbonyl (C=O) groups is 4. The topological polar surface area (TPSA) is 190 Å². The molecule has 2 aliphatic heterocycles. The Bertz CT molecular complexity index is 2020. The molecule has 282 valence electrons. The van der Waals surface area contributed by atoms with Crippen LogP contribution in [-0.4, -0.2) is 92.2 Å². The summed E-state index contributed by atoms with van der Waals surface area (Å²) in [6.45, 7) is 0.0483. The number of hydrogen-bond donors (Lipinski definition) is 4. The van der Waals surface area contributed by atoms with Crippen LogP contribution in [0.4, 0.5) is 10.5 Å². The summed E-state index contributed by atoms with van der Waals surface area (Å²) in [7, 11) is 3.14. The molecule has 4 amide bonds. The van der Waals surface area contributed by atoms with E-state index in [4.69, 9.17) is 19.7 Å². The van der Waals surface area contributed by atoms with Crippen LogP contribution in [0.3, 0.4) is 0 Å². The van der Waals surface area contributed by atoms with Gasteiger partial charge in [-0.1, -0.05) is 25.0 Å². The first-order chi connectivity index (χ1) is 26.2. The van der Waals surface area contributed by atoms with Crippen LogP contribution in [0.1, 0.15) is 51.0 Å². The number of anilines is 1. The summed E-state index contributed by atoms with van der Waals surface area (Å²) >= 11 is 1.41. The van der Waals surface area contributed by atoms with Crippen molar-refractivity contribution in [2.75, 3.05) is 26.1 Å². The highest BCUT2D eigenvalue weighted by molar-refractivity contribution is 7.13. The van der Waals surface area contributed by atoms with Crippen LogP contribution in [0.25, 0.3) is 22.0 Å². The molecule has 5 atom stereocenters. The molecule has 2 fully saturated rings. The summed E-state index contributed by atoms with van der Waals surface area (Å²) in [6, 6.07) is 11.1. The number of thiazole rings is 1. The molecule has 2 aromatic heterocycles. The molecule has 0 radical (unpaired) electrons. The number of fused-ring (bicyclic) bond motifs is 2. The first kappa shape index (κ1) is 36.6. The van der Waals surface area contributed by atoms with Crippen molar-refractivity contribution < 1.29 is 33.8 Å². The van der Waals surface area contributed by atoms with Gasteiger partial charge in [0, 0.05) is 41.7 Å². The Kier molecular flexibility index (Phi) is 10.6. The van der Waals surface area contributed by atoms with E-state index < -0.39 is 47.5 Å². The SMILES string of the molecule is COc1ccc(NC(=O)N[C@@H]2CCCCCC=C[C@@H]3C[C@]3(C(=O)O)NC(=O)[C@@H]3CC(n4nc(-c5ccc(OC)cc5)c(-c5nccs5)n4)CN3C2=O)cc1. The Morgan fingerprint density at radius 2 is 1.70 bits per heavy atom. The highest BCUT2D eigenvalue weighted by Crippen LogP contribution is 2.46. The number of methoxy groups -OCH3 is 2. The number of ether oxygens (including phenoxy) is 2. The molecule has 7 rings (SSSR count). The summed E-state index contributed by atoms with van der Waals surface area (Å²) < 4.78 is 10.6. The van der Waals surface area contributed by atoms with E-state index in [-0.39, 0.29) is 25.3 Å². The third kappa shape index (κ3) is 7.64. The van der Waals surface area contributed by atoms with Crippen molar-refractivity contribution in [2.45, 2.75) is 68.6 Å². The van der Waals surface area contributed by atoms with Crippen LogP contribution >= 0.6 is 11.3 Å². The Morgan fingerprint density at radius 3 is 2.39 bits per heavy atom. The summed E-state index contributed by atoms with van der Waals surface area (Å²) in [4.78, 5) is 62.1. The van der Waals surface area contributed by atoms with Crippen LogP contribution in [0, 0.1) is 5.92 Å². The van der Waals surface area contributed by atoms with E-state index in [1.807, 2.05) is 41.8 Å². The van der Waals surface area contributed by atoms with Crippen molar-refractivity contribution in [1.29, 1.82) is 0 Å². The van der Waals surface area contributed by atoms with Gasteiger partial charge in [0.25, 0.3) is 0 Å². The molecular weight excluding hydrogens is 713 g/mol. The number of carboxylic acids is 1. The molecule has 15 nitrogen and oxygen atoms in total. The number of hydrogen-bond acceptors (Lipinski definition) is 10. The summed E-state index contributed by atoms with van der Waals surface area (Å²) in [5.74, 6) is -1.20. The van der Waals surface area contributed by atoms with Gasteiger partial charge in [-0.3, -0.25) is 9.59 Å². The van der Waals surface area contributed by atoms with E-state index in [1.54, 1.807) is 44.7 Å². The number of nitrogens with zero attached hydrogens (tertiary/aromatic N) is 5. The fourth-order valence-electron chi connectivity index (χ4n) is 7.16. The third-order valence-electron chi connectivity index (χ3n) is 10.2. The van der Waals surface area contributed by atoms with E-state index in [9.17, 15) is 24.3 Å². The second-order valence-electron chi connectivity index (χ2n) is 13.7. The molecule has 16 heteroatoms. The smallest absolute Gasteiger partial charge is 0.330 e. The van der Waals surface area contributed by atoms with Crippen molar-refractivity contribution >= 4 is 40.8 Å². The maximum absolute atomic E-state index is 14.6. The number of nitrogens with one attached hydrogen (secondary N) is 3. The molecule has 54 heavy (non-hydrogen) atoms. The van der Waals surface area contributed by atoms with E-state index in [2.05, 4.69) is 20.9 Å². The van der Waals surface area contributed by atoms with Gasteiger partial charge in [0.1, 0.15) is 45.5 Å². The van der Waals surface area contributed by atoms with Gasteiger partial charge in [-0.05, 0) is 74.2 Å². The van der Waals surface area contributed by atoms with Crippen LogP contribution in [0.15, 0.2) is 72.3 Å². The molecule has 0 spiro atoms. The van der Waals surface area contributed by atoms with Gasteiger partial charge < -0.3 is 35.4 Å². The van der Waals surface area contributed by atoms with Gasteiger partial charge in [-0.2, -0.15) is 9.90 Å². The highest BCUT2D eigenvalue weighted by Gasteiger charge is 2.61. The van der Waals surface area contributed by atoms with Crippen molar-refractivity contribution in [3.8, 4) is 33.5 Å². The molecule has 3 aliphatic rings. The molecule has 4 N–H and O–H groups in total. The van der Waals surface area contributed by atoms with E-state index in [0.29, 0.717) is 46.4 Å².